The molecule has 1 aliphatic rings. The van der Waals surface area contributed by atoms with Gasteiger partial charge in [0.25, 0.3) is 5.91 Å². The number of amides is 3. The second-order valence-corrected chi connectivity index (χ2v) is 16.2. The summed E-state index contributed by atoms with van der Waals surface area (Å²) in [7, 11) is 1.74. The highest BCUT2D eigenvalue weighted by Crippen LogP contribution is 2.31. The largest absolute Gasteiger partial charge is 0.481 e. The normalized spacial score (nSPS) is 18.1. The monoisotopic (exact) mass is 769 g/mol. The van der Waals surface area contributed by atoms with Gasteiger partial charge in [0, 0.05) is 37.9 Å². The summed E-state index contributed by atoms with van der Waals surface area (Å²) in [4.78, 5) is 74.2. The highest BCUT2D eigenvalue weighted by molar-refractivity contribution is 7.09. The Morgan fingerprint density at radius 1 is 1.04 bits per heavy atom. The Kier molecular flexibility index (Phi) is 18.1. The molecule has 1 fully saturated rings. The Hall–Kier alpha value is -3.84. The van der Waals surface area contributed by atoms with E-state index < -0.39 is 48.0 Å². The second kappa shape index (κ2) is 21.9. The van der Waals surface area contributed by atoms with Crippen LogP contribution >= 0.6 is 11.3 Å². The molecule has 0 aliphatic carbocycles. The van der Waals surface area contributed by atoms with Crippen molar-refractivity contribution >= 4 is 41.0 Å². The molecule has 7 atom stereocenters. The topological polar surface area (TPSA) is 158 Å². The Morgan fingerprint density at radius 2 is 1.74 bits per heavy atom. The summed E-state index contributed by atoms with van der Waals surface area (Å²) in [5.74, 6) is -3.06. The van der Waals surface area contributed by atoms with Crippen LogP contribution in [-0.4, -0.2) is 93.9 Å². The molecule has 3 amide bonds. The number of esters is 1. The lowest BCUT2D eigenvalue weighted by atomic mass is 9.92. The average molecular weight is 770 g/mol. The molecule has 13 heteroatoms. The number of thiazole rings is 1. The summed E-state index contributed by atoms with van der Waals surface area (Å²) in [6, 6.07) is 7.72. The molecule has 300 valence electrons. The molecular formula is C41H63N5O7S. The van der Waals surface area contributed by atoms with E-state index in [1.807, 2.05) is 58.0 Å². The van der Waals surface area contributed by atoms with E-state index >= 15 is 0 Å². The summed E-state index contributed by atoms with van der Waals surface area (Å²) < 4.78 is 5.79. The number of carbonyl (C=O) groups is 5. The minimum atomic E-state index is -0.943. The van der Waals surface area contributed by atoms with Crippen molar-refractivity contribution in [1.29, 1.82) is 0 Å². The summed E-state index contributed by atoms with van der Waals surface area (Å²) in [5, 5.41) is 17.7. The number of ether oxygens (including phenoxy) is 1. The number of carboxylic acid groups (broad SMARTS) is 1. The van der Waals surface area contributed by atoms with Gasteiger partial charge in [-0.1, -0.05) is 91.1 Å². The molecule has 2 unspecified atom stereocenters. The van der Waals surface area contributed by atoms with Gasteiger partial charge in [-0.2, -0.15) is 0 Å². The van der Waals surface area contributed by atoms with Crippen LogP contribution in [0.15, 0.2) is 35.7 Å². The number of aliphatic carboxylic acids is 1. The number of piperidine rings is 1. The summed E-state index contributed by atoms with van der Waals surface area (Å²) in [6.07, 6.45) is 5.66. The van der Waals surface area contributed by atoms with Gasteiger partial charge in [0.2, 0.25) is 11.8 Å². The van der Waals surface area contributed by atoms with Crippen molar-refractivity contribution in [1.82, 2.24) is 25.4 Å². The number of nitrogens with one attached hydrogen (secondary N) is 2. The minimum Gasteiger partial charge on any atom is -0.481 e. The molecular weight excluding hydrogens is 707 g/mol. The fraction of sp³-hybridized carbons (Fsp3) is 0.659. The second-order valence-electron chi connectivity index (χ2n) is 15.3. The molecule has 0 radical (unpaired) electrons. The third-order valence-corrected chi connectivity index (χ3v) is 11.6. The van der Waals surface area contributed by atoms with Crippen LogP contribution in [0.3, 0.4) is 0 Å². The fourth-order valence-electron chi connectivity index (χ4n) is 7.15. The standard InChI is InChI=1S/C41H63N5O7S/c1-9-11-20-46-21-16-15-19-33(46)38(49)44-36(27(5)10-2)40(50)45(8)34(26(3)4)24-35(53-29(7)47)39-43-32(25-54-39)37(48)42-31(22-28(6)41(51)52)23-30-17-13-12-14-18-30/h12-14,17-18,25-28,31,33-36H,9-11,15-16,19-24H2,1-8H3,(H,42,48)(H,44,49)(H,51,52)/t27-,28?,31+,33+,34?,35+,36-/m0/s1. The number of nitrogens with zero attached hydrogens (tertiary/aromatic N) is 3. The van der Waals surface area contributed by atoms with Gasteiger partial charge in [-0.3, -0.25) is 28.9 Å². The Labute approximate surface area is 325 Å². The van der Waals surface area contributed by atoms with Gasteiger partial charge in [-0.15, -0.1) is 11.3 Å². The van der Waals surface area contributed by atoms with E-state index in [1.54, 1.807) is 24.3 Å². The molecule has 12 nitrogen and oxygen atoms in total. The predicted octanol–water partition coefficient (Wildman–Crippen LogP) is 6.26. The van der Waals surface area contributed by atoms with Crippen LogP contribution in [-0.2, 0) is 30.3 Å². The lowest BCUT2D eigenvalue weighted by Gasteiger charge is -2.39. The number of aromatic nitrogens is 1. The first-order chi connectivity index (χ1) is 25.7. The van der Waals surface area contributed by atoms with Gasteiger partial charge >= 0.3 is 11.9 Å². The lowest BCUT2D eigenvalue weighted by molar-refractivity contribution is -0.149. The third-order valence-electron chi connectivity index (χ3n) is 10.6. The molecule has 0 saturated carbocycles. The molecule has 2 heterocycles. The van der Waals surface area contributed by atoms with Gasteiger partial charge in [-0.25, -0.2) is 4.98 Å². The highest BCUT2D eigenvalue weighted by Gasteiger charge is 2.38. The first kappa shape index (κ1) is 44.6. The molecule has 3 N–H and O–H groups in total. The number of likely N-dealkylation sites (tertiary alicyclic amines) is 1. The molecule has 1 aromatic carbocycles. The molecule has 1 aliphatic heterocycles. The van der Waals surface area contributed by atoms with Crippen LogP contribution in [0.2, 0.25) is 0 Å². The zero-order valence-electron chi connectivity index (χ0n) is 33.5. The molecule has 1 aromatic heterocycles. The SMILES string of the molecule is CCCCN1CCCC[C@@H]1C(=O)N[C@H](C(=O)N(C)C(C[C@@H](OC(C)=O)c1nc(C(=O)N[C@@H](Cc2ccccc2)CC(C)C(=O)O)cs1)C(C)C)[C@@H](C)CC. The highest BCUT2D eigenvalue weighted by atomic mass is 32.1. The molecule has 0 bridgehead atoms. The first-order valence-electron chi connectivity index (χ1n) is 19.7. The molecule has 2 aromatic rings. The zero-order valence-corrected chi connectivity index (χ0v) is 34.3. The average Bonchev–Trinajstić information content (AvgIpc) is 3.64. The summed E-state index contributed by atoms with van der Waals surface area (Å²) in [5.41, 5.74) is 1.10. The fourth-order valence-corrected chi connectivity index (χ4v) is 7.99. The van der Waals surface area contributed by atoms with E-state index in [1.165, 1.54) is 18.3 Å². The van der Waals surface area contributed by atoms with Crippen LogP contribution in [0.25, 0.3) is 0 Å². The number of likely N-dealkylation sites (N-methyl/N-ethyl adjacent to an activating group) is 1. The van der Waals surface area contributed by atoms with Crippen LogP contribution in [0.1, 0.15) is 127 Å². The van der Waals surface area contributed by atoms with Crippen molar-refractivity contribution in [3.05, 3.63) is 52.0 Å². The number of unbranched alkanes of at least 4 members (excludes halogenated alkanes) is 1. The molecule has 54 heavy (non-hydrogen) atoms. The quantitative estimate of drug-likeness (QED) is 0.125. The molecule has 3 rings (SSSR count). The van der Waals surface area contributed by atoms with Crippen molar-refractivity contribution < 1.29 is 33.8 Å². The predicted molar refractivity (Wildman–Crippen MR) is 211 cm³/mol. The smallest absolute Gasteiger partial charge is 0.306 e. The van der Waals surface area contributed by atoms with E-state index in [4.69, 9.17) is 4.74 Å². The number of carbonyl (C=O) groups excluding carboxylic acids is 4. The minimum absolute atomic E-state index is 0.0501. The van der Waals surface area contributed by atoms with E-state index in [9.17, 15) is 29.1 Å². The lowest BCUT2D eigenvalue weighted by Crippen LogP contribution is -2.58. The number of benzene rings is 1. The number of rotatable bonds is 21. The van der Waals surface area contributed by atoms with Crippen molar-refractivity contribution in [2.75, 3.05) is 20.1 Å². The first-order valence-corrected chi connectivity index (χ1v) is 20.6. The molecule has 1 saturated heterocycles. The van der Waals surface area contributed by atoms with Crippen LogP contribution < -0.4 is 10.6 Å². The number of hydrogen-bond acceptors (Lipinski definition) is 9. The van der Waals surface area contributed by atoms with E-state index in [0.29, 0.717) is 17.8 Å². The summed E-state index contributed by atoms with van der Waals surface area (Å²) in [6.45, 7) is 14.8. The van der Waals surface area contributed by atoms with Crippen LogP contribution in [0, 0.1) is 17.8 Å². The van der Waals surface area contributed by atoms with Crippen molar-refractivity contribution in [3.63, 3.8) is 0 Å². The maximum atomic E-state index is 14.3. The van der Waals surface area contributed by atoms with Gasteiger partial charge in [0.15, 0.2) is 6.10 Å². The Bertz CT molecular complexity index is 1520. The molecule has 0 spiro atoms. The maximum Gasteiger partial charge on any atom is 0.306 e. The van der Waals surface area contributed by atoms with Gasteiger partial charge < -0.3 is 25.4 Å². The van der Waals surface area contributed by atoms with Crippen LogP contribution in [0.4, 0.5) is 0 Å². The van der Waals surface area contributed by atoms with E-state index in [-0.39, 0.29) is 48.2 Å². The van der Waals surface area contributed by atoms with Crippen molar-refractivity contribution in [3.8, 4) is 0 Å². The van der Waals surface area contributed by atoms with Gasteiger partial charge in [-0.05, 0) is 62.6 Å². The maximum absolute atomic E-state index is 14.3. The number of carboxylic acids is 1. The van der Waals surface area contributed by atoms with Gasteiger partial charge in [0.1, 0.15) is 16.7 Å². The van der Waals surface area contributed by atoms with Crippen molar-refractivity contribution in [2.24, 2.45) is 17.8 Å². The Morgan fingerprint density at radius 3 is 2.35 bits per heavy atom. The third kappa shape index (κ3) is 13.2. The van der Waals surface area contributed by atoms with E-state index in [2.05, 4.69) is 27.4 Å². The van der Waals surface area contributed by atoms with Gasteiger partial charge in [0.05, 0.1) is 12.0 Å². The zero-order chi connectivity index (χ0) is 39.9. The summed E-state index contributed by atoms with van der Waals surface area (Å²) >= 11 is 1.19. The van der Waals surface area contributed by atoms with E-state index in [0.717, 1.165) is 50.8 Å². The number of hydrogen-bond donors (Lipinski definition) is 3. The van der Waals surface area contributed by atoms with Crippen LogP contribution in [0.5, 0.6) is 0 Å². The Balaban J connectivity index is 1.81. The van der Waals surface area contributed by atoms with Crippen molar-refractivity contribution in [2.45, 2.75) is 137 Å².